The topological polar surface area (TPSA) is 206 Å². The summed E-state index contributed by atoms with van der Waals surface area (Å²) in [5.74, 6) is 1.28. The maximum absolute atomic E-state index is 10.6. The highest BCUT2D eigenvalue weighted by molar-refractivity contribution is 5.31. The Morgan fingerprint density at radius 1 is 0.396 bits per heavy atom. The summed E-state index contributed by atoms with van der Waals surface area (Å²) in [5, 5.41) is 4.41. The Hall–Kier alpha value is -7.93. The molecular formula is C76H79N3O17. The number of azide groups is 1. The van der Waals surface area contributed by atoms with Crippen LogP contribution >= 0.6 is 0 Å². The lowest BCUT2D eigenvalue weighted by Crippen LogP contribution is -2.69. The minimum absolute atomic E-state index is 0.0118. The molecule has 0 radical (unpaired) electrons. The number of ether oxygens (including phenoxy) is 17. The molecule has 20 heteroatoms. The van der Waals surface area contributed by atoms with Gasteiger partial charge in [0.15, 0.2) is 31.5 Å². The van der Waals surface area contributed by atoms with Gasteiger partial charge in [0.1, 0.15) is 91.3 Å². The molecule has 0 bridgehead atoms. The highest BCUT2D eigenvalue weighted by atomic mass is 16.8. The van der Waals surface area contributed by atoms with Crippen LogP contribution in [0.3, 0.4) is 0 Å². The van der Waals surface area contributed by atoms with E-state index in [0.29, 0.717) is 11.5 Å². The Kier molecular flexibility index (Phi) is 23.5. The molecule has 17 atom stereocenters. The van der Waals surface area contributed by atoms with Crippen molar-refractivity contribution in [1.82, 2.24) is 0 Å². The fourth-order valence-corrected chi connectivity index (χ4v) is 12.5. The minimum atomic E-state index is -1.42. The third kappa shape index (κ3) is 17.2. The predicted molar refractivity (Wildman–Crippen MR) is 349 cm³/mol. The van der Waals surface area contributed by atoms with Crippen LogP contribution in [0.1, 0.15) is 51.5 Å². The molecule has 5 heterocycles. The van der Waals surface area contributed by atoms with Gasteiger partial charge in [0.05, 0.1) is 66.6 Å². The molecule has 5 fully saturated rings. The zero-order chi connectivity index (χ0) is 65.1. The first kappa shape index (κ1) is 66.7. The van der Waals surface area contributed by atoms with Crippen molar-refractivity contribution in [2.45, 2.75) is 138 Å². The molecule has 0 spiro atoms. The summed E-state index contributed by atoms with van der Waals surface area (Å²) in [4.78, 5) is 3.39. The van der Waals surface area contributed by atoms with Crippen LogP contribution in [-0.4, -0.2) is 132 Å². The Labute approximate surface area is 558 Å². The van der Waals surface area contributed by atoms with Gasteiger partial charge >= 0.3 is 0 Å². The molecule has 5 saturated heterocycles. The average molecular weight is 1310 g/mol. The smallest absolute Gasteiger partial charge is 0.187 e. The minimum Gasteiger partial charge on any atom is -0.497 e. The van der Waals surface area contributed by atoms with E-state index in [-0.39, 0.29) is 66.1 Å². The molecule has 8 aromatic carbocycles. The summed E-state index contributed by atoms with van der Waals surface area (Å²) in [6.07, 6.45) is -16.3. The Morgan fingerprint density at radius 2 is 0.812 bits per heavy atom. The van der Waals surface area contributed by atoms with E-state index >= 15 is 0 Å². The van der Waals surface area contributed by atoms with Gasteiger partial charge in [-0.25, -0.2) is 0 Å². The summed E-state index contributed by atoms with van der Waals surface area (Å²) in [6.45, 7) is 1.11. The molecule has 13 rings (SSSR count). The SMILES string of the molecule is COc1ccc(OCCO[C@@H]2O[C@@H]3COC(c4ccccc4)O[C@@H]3[C@H](O[C@H]3O[C@@H]4COC(c5ccccc5)O[C@H]4[C@H](OCc4ccccc4)[C@@H]3O[C@H]3O[C@H](COCc4ccccc4)[C@@H](OCc4ccccc4)[C@H](OCc4ccccc4)[C@@H]3OCc3ccccc3)[C@H]2N=[N+]=[N-])cc1. The number of hydrogen-bond acceptors (Lipinski definition) is 18. The lowest BCUT2D eigenvalue weighted by Gasteiger charge is -2.53. The quantitative estimate of drug-likeness (QED) is 0.0185. The number of benzene rings is 8. The molecule has 8 aromatic rings. The first-order valence-electron chi connectivity index (χ1n) is 32.6. The van der Waals surface area contributed by atoms with Crippen LogP contribution in [0.5, 0.6) is 11.5 Å². The second kappa shape index (κ2) is 33.8. The summed E-state index contributed by atoms with van der Waals surface area (Å²) in [5.41, 5.74) is 16.7. The molecule has 2 unspecified atom stereocenters. The van der Waals surface area contributed by atoms with Gasteiger partial charge < -0.3 is 80.5 Å². The van der Waals surface area contributed by atoms with Crippen LogP contribution in [0.2, 0.25) is 0 Å². The van der Waals surface area contributed by atoms with E-state index in [1.165, 1.54) is 0 Å². The average Bonchev–Trinajstić information content (AvgIpc) is 0.768. The second-order valence-electron chi connectivity index (χ2n) is 23.8. The van der Waals surface area contributed by atoms with E-state index in [2.05, 4.69) is 10.0 Å². The van der Waals surface area contributed by atoms with Gasteiger partial charge in [0.25, 0.3) is 0 Å². The lowest BCUT2D eigenvalue weighted by atomic mass is 9.94. The van der Waals surface area contributed by atoms with Crippen molar-refractivity contribution in [3.8, 4) is 11.5 Å². The van der Waals surface area contributed by atoms with Crippen molar-refractivity contribution in [2.75, 3.05) is 40.1 Å². The highest BCUT2D eigenvalue weighted by Gasteiger charge is 2.59. The van der Waals surface area contributed by atoms with Gasteiger partial charge in [-0.15, -0.1) is 0 Å². The molecule has 5 aliphatic rings. The third-order valence-electron chi connectivity index (χ3n) is 17.3. The van der Waals surface area contributed by atoms with Crippen LogP contribution < -0.4 is 9.47 Å². The highest BCUT2D eigenvalue weighted by Crippen LogP contribution is 2.43. The normalized spacial score (nSPS) is 28.7. The number of nitrogens with zero attached hydrogens (tertiary/aromatic N) is 3. The summed E-state index contributed by atoms with van der Waals surface area (Å²) in [7, 11) is 1.60. The van der Waals surface area contributed by atoms with Crippen LogP contribution in [0.15, 0.2) is 242 Å². The largest absolute Gasteiger partial charge is 0.497 e. The molecule has 0 saturated carbocycles. The first-order chi connectivity index (χ1) is 47.5. The molecule has 0 amide bonds. The van der Waals surface area contributed by atoms with E-state index in [1.807, 2.05) is 212 Å². The molecule has 96 heavy (non-hydrogen) atoms. The molecule has 500 valence electrons. The molecule has 0 aromatic heterocycles. The first-order valence-corrected chi connectivity index (χ1v) is 32.6. The van der Waals surface area contributed by atoms with Crippen molar-refractivity contribution in [3.05, 3.63) is 286 Å². The Bertz CT molecular complexity index is 3620. The molecule has 0 N–H and O–H groups in total. The molecular weight excluding hydrogens is 1230 g/mol. The van der Waals surface area contributed by atoms with Crippen molar-refractivity contribution in [3.63, 3.8) is 0 Å². The number of methoxy groups -OCH3 is 1. The molecule has 20 nitrogen and oxygen atoms in total. The van der Waals surface area contributed by atoms with E-state index in [0.717, 1.165) is 38.9 Å². The van der Waals surface area contributed by atoms with Gasteiger partial charge in [-0.2, -0.15) is 0 Å². The van der Waals surface area contributed by atoms with Gasteiger partial charge in [-0.1, -0.05) is 217 Å². The summed E-state index contributed by atoms with van der Waals surface area (Å²) < 4.78 is 117. The maximum atomic E-state index is 10.6. The van der Waals surface area contributed by atoms with E-state index in [1.54, 1.807) is 31.4 Å². The van der Waals surface area contributed by atoms with Crippen molar-refractivity contribution < 1.29 is 80.5 Å². The van der Waals surface area contributed by atoms with Crippen molar-refractivity contribution in [2.24, 2.45) is 5.11 Å². The van der Waals surface area contributed by atoms with Gasteiger partial charge in [0.2, 0.25) is 0 Å². The van der Waals surface area contributed by atoms with Gasteiger partial charge in [0, 0.05) is 16.0 Å². The van der Waals surface area contributed by atoms with Crippen LogP contribution in [0, 0.1) is 0 Å². The van der Waals surface area contributed by atoms with E-state index < -0.39 is 105 Å². The Balaban J connectivity index is 0.910. The zero-order valence-electron chi connectivity index (χ0n) is 53.2. The maximum Gasteiger partial charge on any atom is 0.187 e. The number of rotatable bonds is 29. The third-order valence-corrected chi connectivity index (χ3v) is 17.3. The van der Waals surface area contributed by atoms with Crippen molar-refractivity contribution >= 4 is 0 Å². The zero-order valence-corrected chi connectivity index (χ0v) is 53.2. The lowest BCUT2D eigenvalue weighted by molar-refractivity contribution is -0.418. The van der Waals surface area contributed by atoms with Crippen LogP contribution in [0.4, 0.5) is 0 Å². The monoisotopic (exact) mass is 1310 g/mol. The second-order valence-corrected chi connectivity index (χ2v) is 23.8. The summed E-state index contributed by atoms with van der Waals surface area (Å²) in [6, 6.07) is 74.7. The van der Waals surface area contributed by atoms with Crippen LogP contribution in [0.25, 0.3) is 10.4 Å². The molecule has 5 aliphatic heterocycles. The van der Waals surface area contributed by atoms with Crippen LogP contribution in [-0.2, 0) is 104 Å². The van der Waals surface area contributed by atoms with E-state index in [4.69, 9.17) is 80.5 Å². The van der Waals surface area contributed by atoms with Gasteiger partial charge in [-0.3, -0.25) is 0 Å². The van der Waals surface area contributed by atoms with E-state index in [9.17, 15) is 5.53 Å². The number of fused-ring (bicyclic) bond motifs is 2. The Morgan fingerprint density at radius 3 is 1.31 bits per heavy atom. The van der Waals surface area contributed by atoms with Crippen molar-refractivity contribution in [1.29, 1.82) is 0 Å². The fraction of sp³-hybridized carbons (Fsp3) is 0.368. The fourth-order valence-electron chi connectivity index (χ4n) is 12.5. The predicted octanol–water partition coefficient (Wildman–Crippen LogP) is 12.5. The standard InChI is InChI=1S/C76H79N3O17/c1-80-58-37-39-59(40-38-58)82-41-42-83-74-63(78-79-77)67(65-61(90-74)49-88-72(93-65)56-33-19-7-20-34-56)95-76-71(69(86-46-54-29-15-5-16-30-54)66-62(92-76)50-89-73(94-66)57-35-21-8-22-36-57)96-75-70(87-47-55-31-17-6-18-32-55)68(85-45-53-27-13-4-14-28-53)64(84-44-52-25-11-3-12-26-52)60(91-75)48-81-43-51-23-9-2-10-24-51/h2-40,60-76H,41-50H2,1H3/t60-,61-,62-,63-,64-,65+,66-,67-,68+,69+,70+,71+,72?,73?,74-,75-,76-/m1/s1. The number of hydrogen-bond donors (Lipinski definition) is 0. The molecule has 0 aliphatic carbocycles. The summed E-state index contributed by atoms with van der Waals surface area (Å²) >= 11 is 0. The van der Waals surface area contributed by atoms with Gasteiger partial charge in [-0.05, 0) is 57.6 Å².